The minimum Gasteiger partial charge on any atom is -0.496 e. The van der Waals surface area contributed by atoms with E-state index in [1.165, 1.54) is 7.11 Å². The number of methoxy groups -OCH3 is 1. The quantitative estimate of drug-likeness (QED) is 0.759. The number of hydrogen-bond acceptors (Lipinski definition) is 4. The fourth-order valence-electron chi connectivity index (χ4n) is 1.62. The molecule has 0 aliphatic heterocycles. The largest absolute Gasteiger partial charge is 0.496 e. The molecule has 2 unspecified atom stereocenters. The van der Waals surface area contributed by atoms with E-state index in [4.69, 9.17) is 15.6 Å². The molecule has 0 aliphatic carbocycles. The van der Waals surface area contributed by atoms with Crippen molar-refractivity contribution in [1.29, 1.82) is 0 Å². The molecule has 0 fully saturated rings. The third-order valence-electron chi connectivity index (χ3n) is 2.48. The van der Waals surface area contributed by atoms with Gasteiger partial charge in [0, 0.05) is 10.0 Å². The van der Waals surface area contributed by atoms with Gasteiger partial charge in [-0.3, -0.25) is 4.79 Å². The standard InChI is InChI=1S/C11H15BrN2O3/c1-14-10(9(13)11(15)16)7-5-6(12)3-4-8(7)17-2/h3-5,9-10,14H,13H2,1-2H3,(H,15,16). The Kier molecular flexibility index (Phi) is 4.92. The fourth-order valence-corrected chi connectivity index (χ4v) is 2.00. The zero-order chi connectivity index (χ0) is 13.0. The number of halogens is 1. The lowest BCUT2D eigenvalue weighted by Crippen LogP contribution is -2.42. The summed E-state index contributed by atoms with van der Waals surface area (Å²) >= 11 is 3.34. The molecule has 0 spiro atoms. The average Bonchev–Trinajstić information content (AvgIpc) is 2.30. The van der Waals surface area contributed by atoms with Crippen molar-refractivity contribution in [1.82, 2.24) is 5.32 Å². The van der Waals surface area contributed by atoms with Gasteiger partial charge in [-0.1, -0.05) is 15.9 Å². The number of likely N-dealkylation sites (N-methyl/N-ethyl adjacent to an activating group) is 1. The number of hydrogen-bond donors (Lipinski definition) is 3. The number of nitrogens with one attached hydrogen (secondary N) is 1. The Hall–Kier alpha value is -1.11. The molecule has 1 aromatic rings. The van der Waals surface area contributed by atoms with E-state index < -0.39 is 18.1 Å². The first-order chi connectivity index (χ1) is 8.01. The summed E-state index contributed by atoms with van der Waals surface area (Å²) in [6, 6.07) is 3.82. The van der Waals surface area contributed by atoms with Crippen LogP contribution in [-0.4, -0.2) is 31.3 Å². The summed E-state index contributed by atoms with van der Waals surface area (Å²) in [6.07, 6.45) is 0. The van der Waals surface area contributed by atoms with Crippen LogP contribution in [0.1, 0.15) is 11.6 Å². The van der Waals surface area contributed by atoms with E-state index in [1.54, 1.807) is 19.2 Å². The van der Waals surface area contributed by atoms with Crippen LogP contribution in [0.15, 0.2) is 22.7 Å². The first kappa shape index (κ1) is 14.0. The molecule has 0 aliphatic rings. The molecule has 0 saturated heterocycles. The third kappa shape index (κ3) is 3.18. The van der Waals surface area contributed by atoms with Crippen LogP contribution in [0.5, 0.6) is 5.75 Å². The van der Waals surface area contributed by atoms with Crippen molar-refractivity contribution < 1.29 is 14.6 Å². The van der Waals surface area contributed by atoms with Gasteiger partial charge < -0.3 is 20.9 Å². The van der Waals surface area contributed by atoms with Crippen LogP contribution < -0.4 is 15.8 Å². The Morgan fingerprint density at radius 3 is 2.71 bits per heavy atom. The predicted octanol–water partition coefficient (Wildman–Crippen LogP) is 1.13. The summed E-state index contributed by atoms with van der Waals surface area (Å²) in [5.41, 5.74) is 6.35. The Morgan fingerprint density at radius 1 is 1.59 bits per heavy atom. The molecule has 1 aromatic carbocycles. The van der Waals surface area contributed by atoms with Crippen molar-refractivity contribution in [2.24, 2.45) is 5.73 Å². The first-order valence-corrected chi connectivity index (χ1v) is 5.79. The van der Waals surface area contributed by atoms with Gasteiger partial charge in [-0.05, 0) is 25.2 Å². The van der Waals surface area contributed by atoms with E-state index in [2.05, 4.69) is 21.2 Å². The monoisotopic (exact) mass is 302 g/mol. The van der Waals surface area contributed by atoms with Crippen LogP contribution >= 0.6 is 15.9 Å². The highest BCUT2D eigenvalue weighted by molar-refractivity contribution is 9.10. The van der Waals surface area contributed by atoms with Gasteiger partial charge in [0.15, 0.2) is 0 Å². The Bertz CT molecular complexity index is 412. The molecular formula is C11H15BrN2O3. The van der Waals surface area contributed by atoms with E-state index in [-0.39, 0.29) is 0 Å². The molecule has 17 heavy (non-hydrogen) atoms. The summed E-state index contributed by atoms with van der Waals surface area (Å²) in [7, 11) is 3.19. The van der Waals surface area contributed by atoms with Crippen LogP contribution in [-0.2, 0) is 4.79 Å². The van der Waals surface area contributed by atoms with Crippen LogP contribution in [0.4, 0.5) is 0 Å². The zero-order valence-electron chi connectivity index (χ0n) is 9.61. The molecule has 94 valence electrons. The van der Waals surface area contributed by atoms with E-state index >= 15 is 0 Å². The minimum atomic E-state index is -1.06. The van der Waals surface area contributed by atoms with Crippen molar-refractivity contribution in [2.45, 2.75) is 12.1 Å². The Balaban J connectivity index is 3.18. The van der Waals surface area contributed by atoms with Crippen molar-refractivity contribution in [3.05, 3.63) is 28.2 Å². The molecule has 2 atom stereocenters. The van der Waals surface area contributed by atoms with Gasteiger partial charge >= 0.3 is 5.97 Å². The van der Waals surface area contributed by atoms with Crippen LogP contribution in [0.2, 0.25) is 0 Å². The van der Waals surface area contributed by atoms with E-state index in [9.17, 15) is 4.79 Å². The van der Waals surface area contributed by atoms with Gasteiger partial charge in [-0.15, -0.1) is 0 Å². The minimum absolute atomic E-state index is 0.514. The number of carboxylic acids is 1. The molecule has 0 aromatic heterocycles. The molecule has 0 heterocycles. The zero-order valence-corrected chi connectivity index (χ0v) is 11.2. The summed E-state index contributed by atoms with van der Waals surface area (Å²) in [4.78, 5) is 10.9. The molecule has 0 saturated carbocycles. The maximum Gasteiger partial charge on any atom is 0.322 e. The molecule has 4 N–H and O–H groups in total. The summed E-state index contributed by atoms with van der Waals surface area (Å²) < 4.78 is 6.04. The molecule has 0 radical (unpaired) electrons. The molecule has 0 amide bonds. The number of rotatable bonds is 5. The Morgan fingerprint density at radius 2 is 2.24 bits per heavy atom. The lowest BCUT2D eigenvalue weighted by atomic mass is 9.99. The smallest absolute Gasteiger partial charge is 0.322 e. The summed E-state index contributed by atoms with van der Waals surface area (Å²) in [5.74, 6) is -0.462. The molecule has 1 rings (SSSR count). The average molecular weight is 303 g/mol. The van der Waals surface area contributed by atoms with Gasteiger partial charge in [0.05, 0.1) is 13.2 Å². The van der Waals surface area contributed by atoms with Crippen molar-refractivity contribution in [3.8, 4) is 5.75 Å². The molecule has 6 heteroatoms. The lowest BCUT2D eigenvalue weighted by molar-refractivity contribution is -0.139. The van der Waals surface area contributed by atoms with Gasteiger partial charge in [-0.2, -0.15) is 0 Å². The number of carboxylic acid groups (broad SMARTS) is 1. The second-order valence-electron chi connectivity index (χ2n) is 3.52. The number of nitrogens with two attached hydrogens (primary N) is 1. The number of aliphatic carboxylic acids is 1. The van der Waals surface area contributed by atoms with E-state index in [0.717, 1.165) is 4.47 Å². The molecular weight excluding hydrogens is 288 g/mol. The summed E-state index contributed by atoms with van der Waals surface area (Å²) in [5, 5.41) is 11.9. The second kappa shape index (κ2) is 6.00. The highest BCUT2D eigenvalue weighted by atomic mass is 79.9. The van der Waals surface area contributed by atoms with Gasteiger partial charge in [0.1, 0.15) is 11.8 Å². The topological polar surface area (TPSA) is 84.6 Å². The van der Waals surface area contributed by atoms with Crippen molar-refractivity contribution >= 4 is 21.9 Å². The second-order valence-corrected chi connectivity index (χ2v) is 4.43. The third-order valence-corrected chi connectivity index (χ3v) is 2.98. The van der Waals surface area contributed by atoms with Gasteiger partial charge in [-0.25, -0.2) is 0 Å². The normalized spacial score (nSPS) is 14.1. The van der Waals surface area contributed by atoms with Crippen LogP contribution in [0, 0.1) is 0 Å². The highest BCUT2D eigenvalue weighted by Crippen LogP contribution is 2.29. The summed E-state index contributed by atoms with van der Waals surface area (Å²) in [6.45, 7) is 0. The van der Waals surface area contributed by atoms with Crippen LogP contribution in [0.25, 0.3) is 0 Å². The fraction of sp³-hybridized carbons (Fsp3) is 0.364. The number of benzene rings is 1. The van der Waals surface area contributed by atoms with E-state index in [1.807, 2.05) is 6.07 Å². The van der Waals surface area contributed by atoms with Crippen LogP contribution in [0.3, 0.4) is 0 Å². The SMILES string of the molecule is CNC(c1cc(Br)ccc1OC)C(N)C(=O)O. The lowest BCUT2D eigenvalue weighted by Gasteiger charge is -2.22. The maximum absolute atomic E-state index is 10.9. The van der Waals surface area contributed by atoms with Crippen molar-refractivity contribution in [2.75, 3.05) is 14.2 Å². The highest BCUT2D eigenvalue weighted by Gasteiger charge is 2.26. The van der Waals surface area contributed by atoms with Gasteiger partial charge in [0.25, 0.3) is 0 Å². The molecule has 5 nitrogen and oxygen atoms in total. The number of carbonyl (C=O) groups is 1. The predicted molar refractivity (Wildman–Crippen MR) is 68.1 cm³/mol. The Labute approximate surface area is 108 Å². The number of ether oxygens (including phenoxy) is 1. The van der Waals surface area contributed by atoms with E-state index in [0.29, 0.717) is 11.3 Å². The van der Waals surface area contributed by atoms with Crippen molar-refractivity contribution in [3.63, 3.8) is 0 Å². The first-order valence-electron chi connectivity index (χ1n) is 5.00. The van der Waals surface area contributed by atoms with Gasteiger partial charge in [0.2, 0.25) is 0 Å². The maximum atomic E-state index is 10.9. The molecule has 0 bridgehead atoms.